The molecule has 6 heteroatoms. The highest BCUT2D eigenvalue weighted by molar-refractivity contribution is 9.10. The fourth-order valence-electron chi connectivity index (χ4n) is 1.61. The number of aromatic carboxylic acids is 1. The fraction of sp³-hybridized carbons (Fsp3) is 0.133. The van der Waals surface area contributed by atoms with E-state index >= 15 is 0 Å². The van der Waals surface area contributed by atoms with Crippen LogP contribution in [-0.2, 0) is 0 Å². The van der Waals surface area contributed by atoms with Gasteiger partial charge in [0.1, 0.15) is 5.82 Å². The van der Waals surface area contributed by atoms with Crippen LogP contribution in [0.3, 0.4) is 0 Å². The average Bonchev–Trinajstić information content (AvgIpc) is 2.46. The monoisotopic (exact) mass is 386 g/mol. The second kappa shape index (κ2) is 7.87. The van der Waals surface area contributed by atoms with E-state index in [0.29, 0.717) is 4.47 Å². The zero-order chi connectivity index (χ0) is 15.2. The van der Waals surface area contributed by atoms with Crippen LogP contribution in [0.15, 0.2) is 56.7 Å². The molecule has 0 aliphatic heterocycles. The Bertz CT molecular complexity index is 632. The third-order valence-corrected chi connectivity index (χ3v) is 5.56. The van der Waals surface area contributed by atoms with Crippen molar-refractivity contribution in [2.45, 2.75) is 9.79 Å². The topological polar surface area (TPSA) is 37.3 Å². The molecule has 1 N–H and O–H groups in total. The Kier molecular flexibility index (Phi) is 6.14. The molecule has 21 heavy (non-hydrogen) atoms. The summed E-state index contributed by atoms with van der Waals surface area (Å²) in [4.78, 5) is 13.0. The molecule has 0 amide bonds. The van der Waals surface area contributed by atoms with Crippen LogP contribution in [0.1, 0.15) is 10.4 Å². The molecule has 0 aromatic heterocycles. The molecule has 2 aromatic carbocycles. The molecule has 2 nitrogen and oxygen atoms in total. The predicted octanol–water partition coefficient (Wildman–Crippen LogP) is 5.17. The van der Waals surface area contributed by atoms with Crippen molar-refractivity contribution in [3.63, 3.8) is 0 Å². The Hall–Kier alpha value is -0.980. The van der Waals surface area contributed by atoms with E-state index in [9.17, 15) is 9.18 Å². The van der Waals surface area contributed by atoms with Gasteiger partial charge in [0.15, 0.2) is 0 Å². The minimum absolute atomic E-state index is 0.232. The molecule has 0 fully saturated rings. The molecule has 0 saturated heterocycles. The third-order valence-electron chi connectivity index (χ3n) is 2.60. The van der Waals surface area contributed by atoms with Gasteiger partial charge in [-0.25, -0.2) is 9.18 Å². The molecule has 0 spiro atoms. The van der Waals surface area contributed by atoms with Crippen molar-refractivity contribution in [1.29, 1.82) is 0 Å². The maximum atomic E-state index is 12.8. The lowest BCUT2D eigenvalue weighted by molar-refractivity contribution is 0.0695. The smallest absolute Gasteiger partial charge is 0.336 e. The first-order valence-corrected chi connectivity index (χ1v) is 8.86. The van der Waals surface area contributed by atoms with Gasteiger partial charge in [-0.05, 0) is 58.4 Å². The van der Waals surface area contributed by atoms with Gasteiger partial charge in [0, 0.05) is 25.8 Å². The number of halogens is 2. The first-order valence-electron chi connectivity index (χ1n) is 6.10. The van der Waals surface area contributed by atoms with Crippen molar-refractivity contribution >= 4 is 45.4 Å². The van der Waals surface area contributed by atoms with Gasteiger partial charge in [-0.15, -0.1) is 23.5 Å². The Balaban J connectivity index is 1.85. The van der Waals surface area contributed by atoms with Crippen molar-refractivity contribution in [3.05, 3.63) is 58.3 Å². The van der Waals surface area contributed by atoms with Crippen molar-refractivity contribution in [2.75, 3.05) is 11.5 Å². The minimum atomic E-state index is -0.940. The number of thioether (sulfide) groups is 2. The van der Waals surface area contributed by atoms with E-state index in [1.54, 1.807) is 47.8 Å². The summed E-state index contributed by atoms with van der Waals surface area (Å²) in [6.07, 6.45) is 0. The molecule has 0 atom stereocenters. The fourth-order valence-corrected chi connectivity index (χ4v) is 3.86. The zero-order valence-electron chi connectivity index (χ0n) is 10.9. The van der Waals surface area contributed by atoms with E-state index in [4.69, 9.17) is 5.11 Å². The van der Waals surface area contributed by atoms with Gasteiger partial charge < -0.3 is 5.11 Å². The quantitative estimate of drug-likeness (QED) is 0.548. The van der Waals surface area contributed by atoms with Crippen LogP contribution >= 0.6 is 39.5 Å². The number of hydrogen-bond acceptors (Lipinski definition) is 3. The van der Waals surface area contributed by atoms with E-state index in [0.717, 1.165) is 21.3 Å². The first kappa shape index (κ1) is 16.4. The molecule has 0 bridgehead atoms. The third kappa shape index (κ3) is 5.05. The zero-order valence-corrected chi connectivity index (χ0v) is 14.1. The number of hydrogen-bond donors (Lipinski definition) is 1. The molecule has 2 aromatic rings. The summed E-state index contributed by atoms with van der Waals surface area (Å²) in [6.45, 7) is 0. The summed E-state index contributed by atoms with van der Waals surface area (Å²) < 4.78 is 13.4. The van der Waals surface area contributed by atoms with Crippen LogP contribution in [0.4, 0.5) is 4.39 Å². The summed E-state index contributed by atoms with van der Waals surface area (Å²) in [5, 5.41) is 9.06. The SMILES string of the molecule is O=C(O)c1cc(SCCSc2ccc(F)cc2)ccc1Br. The van der Waals surface area contributed by atoms with Gasteiger partial charge >= 0.3 is 5.97 Å². The minimum Gasteiger partial charge on any atom is -0.478 e. The van der Waals surface area contributed by atoms with Gasteiger partial charge in [-0.2, -0.15) is 0 Å². The highest BCUT2D eigenvalue weighted by Crippen LogP contribution is 2.27. The maximum Gasteiger partial charge on any atom is 0.336 e. The van der Waals surface area contributed by atoms with Crippen molar-refractivity contribution in [2.24, 2.45) is 0 Å². The average molecular weight is 387 g/mol. The Morgan fingerprint density at radius 1 is 1.05 bits per heavy atom. The lowest BCUT2D eigenvalue weighted by Gasteiger charge is -2.05. The van der Waals surface area contributed by atoms with E-state index in [1.807, 2.05) is 6.07 Å². The van der Waals surface area contributed by atoms with Crippen LogP contribution in [-0.4, -0.2) is 22.6 Å². The summed E-state index contributed by atoms with van der Waals surface area (Å²) in [5.41, 5.74) is 0.270. The van der Waals surface area contributed by atoms with Gasteiger partial charge in [-0.1, -0.05) is 0 Å². The van der Waals surface area contributed by atoms with Gasteiger partial charge in [0.05, 0.1) is 5.56 Å². The highest BCUT2D eigenvalue weighted by Gasteiger charge is 2.09. The van der Waals surface area contributed by atoms with E-state index in [-0.39, 0.29) is 11.4 Å². The van der Waals surface area contributed by atoms with Gasteiger partial charge in [0.2, 0.25) is 0 Å². The molecular formula is C15H12BrFO2S2. The van der Waals surface area contributed by atoms with E-state index in [1.165, 1.54) is 12.1 Å². The van der Waals surface area contributed by atoms with Gasteiger partial charge in [0.25, 0.3) is 0 Å². The summed E-state index contributed by atoms with van der Waals surface area (Å²) in [5.74, 6) is 0.548. The molecule has 0 unspecified atom stereocenters. The van der Waals surface area contributed by atoms with Gasteiger partial charge in [-0.3, -0.25) is 0 Å². The molecule has 0 heterocycles. The Labute approximate surface area is 139 Å². The van der Waals surface area contributed by atoms with Crippen LogP contribution < -0.4 is 0 Å². The molecule has 0 aliphatic rings. The molecule has 2 rings (SSSR count). The number of carbonyl (C=O) groups is 1. The lowest BCUT2D eigenvalue weighted by atomic mass is 10.2. The second-order valence-electron chi connectivity index (χ2n) is 4.10. The molecule has 0 saturated carbocycles. The summed E-state index contributed by atoms with van der Waals surface area (Å²) in [6, 6.07) is 11.7. The Morgan fingerprint density at radius 3 is 2.24 bits per heavy atom. The lowest BCUT2D eigenvalue weighted by Crippen LogP contribution is -1.97. The first-order chi connectivity index (χ1) is 10.1. The molecule has 0 aliphatic carbocycles. The number of carboxylic acid groups (broad SMARTS) is 1. The van der Waals surface area contributed by atoms with E-state index in [2.05, 4.69) is 15.9 Å². The highest BCUT2D eigenvalue weighted by atomic mass is 79.9. The standard InChI is InChI=1S/C15H12BrFO2S2/c16-14-6-5-12(9-13(14)15(18)19)21-8-7-20-11-3-1-10(17)2-4-11/h1-6,9H,7-8H2,(H,18,19). The van der Waals surface area contributed by atoms with E-state index < -0.39 is 5.97 Å². The van der Waals surface area contributed by atoms with Crippen LogP contribution in [0, 0.1) is 5.82 Å². The van der Waals surface area contributed by atoms with Crippen molar-refractivity contribution in [3.8, 4) is 0 Å². The number of rotatable bonds is 6. The molecule has 110 valence electrons. The summed E-state index contributed by atoms with van der Waals surface area (Å²) in [7, 11) is 0. The molecule has 0 radical (unpaired) electrons. The normalized spacial score (nSPS) is 10.6. The second-order valence-corrected chi connectivity index (χ2v) is 7.29. The van der Waals surface area contributed by atoms with Crippen molar-refractivity contribution < 1.29 is 14.3 Å². The number of benzene rings is 2. The molecular weight excluding hydrogens is 375 g/mol. The largest absolute Gasteiger partial charge is 0.478 e. The Morgan fingerprint density at radius 2 is 1.62 bits per heavy atom. The number of carboxylic acids is 1. The summed E-state index contributed by atoms with van der Waals surface area (Å²) >= 11 is 6.48. The maximum absolute atomic E-state index is 12.8. The van der Waals surface area contributed by atoms with Crippen LogP contribution in [0.5, 0.6) is 0 Å². The van der Waals surface area contributed by atoms with Crippen LogP contribution in [0.25, 0.3) is 0 Å². The van der Waals surface area contributed by atoms with Crippen LogP contribution in [0.2, 0.25) is 0 Å². The predicted molar refractivity (Wildman–Crippen MR) is 88.9 cm³/mol. The van der Waals surface area contributed by atoms with Crippen molar-refractivity contribution in [1.82, 2.24) is 0 Å².